The molecule has 3 heteroatoms. The largest absolute Gasteiger partial charge is 0.324 e. The number of benzene rings is 8. The van der Waals surface area contributed by atoms with Gasteiger partial charge < -0.3 is 4.57 Å². The van der Waals surface area contributed by atoms with E-state index in [-0.39, 0.29) is 0 Å². The number of aromatic nitrogens is 3. The van der Waals surface area contributed by atoms with E-state index in [1.54, 1.807) is 0 Å². The van der Waals surface area contributed by atoms with Gasteiger partial charge in [-0.1, -0.05) is 127 Å². The first kappa shape index (κ1) is 29.3. The molecule has 0 aliphatic carbocycles. The average Bonchev–Trinajstić information content (AvgIpc) is 3.59. The molecule has 0 unspecified atom stereocenters. The van der Waals surface area contributed by atoms with Crippen LogP contribution >= 0.6 is 0 Å². The third-order valence-electron chi connectivity index (χ3n) is 10.3. The van der Waals surface area contributed by atoms with Crippen LogP contribution in [0.4, 0.5) is 0 Å². The Bertz CT molecular complexity index is 2970. The second-order valence-corrected chi connectivity index (χ2v) is 13.3. The van der Waals surface area contributed by atoms with Crippen LogP contribution in [0.1, 0.15) is 6.92 Å². The van der Waals surface area contributed by atoms with Crippen LogP contribution in [0.3, 0.4) is 0 Å². The summed E-state index contributed by atoms with van der Waals surface area (Å²) in [6.07, 6.45) is 0. The Kier molecular flexibility index (Phi) is 6.78. The lowest BCUT2D eigenvalue weighted by atomic mass is 9.89. The number of para-hydroxylation sites is 3. The number of pyridine rings is 1. The number of hydrogen-bond donors (Lipinski definition) is 0. The first-order valence-corrected chi connectivity index (χ1v) is 17.6. The molecule has 0 radical (unpaired) electrons. The van der Waals surface area contributed by atoms with Crippen LogP contribution in [-0.4, -0.2) is 14.5 Å². The average molecular weight is 652 g/mol. The molecule has 8 aromatic carbocycles. The molecule has 240 valence electrons. The molecule has 0 fully saturated rings. The smallest absolute Gasteiger partial charge is 0.141 e. The molecule has 0 saturated heterocycles. The highest BCUT2D eigenvalue weighted by Gasteiger charge is 2.18. The van der Waals surface area contributed by atoms with Gasteiger partial charge in [0.25, 0.3) is 0 Å². The maximum Gasteiger partial charge on any atom is 0.141 e. The lowest BCUT2D eigenvalue weighted by Crippen LogP contribution is -1.97. The van der Waals surface area contributed by atoms with Crippen LogP contribution in [-0.2, 0) is 6.54 Å². The Morgan fingerprint density at radius 1 is 0.431 bits per heavy atom. The third kappa shape index (κ3) is 4.81. The summed E-state index contributed by atoms with van der Waals surface area (Å²) >= 11 is 0. The molecule has 3 nitrogen and oxygen atoms in total. The van der Waals surface area contributed by atoms with Crippen molar-refractivity contribution in [1.82, 2.24) is 14.5 Å². The van der Waals surface area contributed by atoms with Crippen LogP contribution in [0, 0.1) is 0 Å². The first-order valence-electron chi connectivity index (χ1n) is 17.6. The predicted molar refractivity (Wildman–Crippen MR) is 215 cm³/mol. The molecule has 10 aromatic rings. The maximum atomic E-state index is 5.35. The number of imidazole rings is 1. The van der Waals surface area contributed by atoms with E-state index in [1.165, 1.54) is 54.6 Å². The minimum atomic E-state index is 0.857. The second-order valence-electron chi connectivity index (χ2n) is 13.3. The predicted octanol–water partition coefficient (Wildman–Crippen LogP) is 12.7. The molecule has 2 heterocycles. The van der Waals surface area contributed by atoms with Crippen molar-refractivity contribution in [2.24, 2.45) is 0 Å². The van der Waals surface area contributed by atoms with E-state index < -0.39 is 0 Å². The van der Waals surface area contributed by atoms with Gasteiger partial charge >= 0.3 is 0 Å². The topological polar surface area (TPSA) is 30.7 Å². The van der Waals surface area contributed by atoms with Crippen molar-refractivity contribution >= 4 is 54.3 Å². The zero-order chi connectivity index (χ0) is 33.9. The molecule has 0 aliphatic heterocycles. The standard InChI is InChI=1S/C48H33N3/c1-2-51-45-24-10-9-23-44(45)50-48(51)37-18-12-16-34(29-37)33-15-11-17-35(27-33)41-30-42-46(39-20-6-5-19-38(39)41)40-21-7-8-22-43(40)49-47(42)36-26-25-31-13-3-4-14-32(31)28-36/h3-30H,2H2,1H3. The number of hydrogen-bond acceptors (Lipinski definition) is 2. The summed E-state index contributed by atoms with van der Waals surface area (Å²) in [5.41, 5.74) is 11.1. The van der Waals surface area contributed by atoms with Gasteiger partial charge in [0.05, 0.1) is 22.2 Å². The zero-order valence-corrected chi connectivity index (χ0v) is 28.2. The molecule has 0 N–H and O–H groups in total. The van der Waals surface area contributed by atoms with Gasteiger partial charge in [-0.25, -0.2) is 9.97 Å². The van der Waals surface area contributed by atoms with Gasteiger partial charge in [0.15, 0.2) is 0 Å². The third-order valence-corrected chi connectivity index (χ3v) is 10.3. The lowest BCUT2D eigenvalue weighted by Gasteiger charge is -2.17. The first-order chi connectivity index (χ1) is 25.2. The zero-order valence-electron chi connectivity index (χ0n) is 28.2. The summed E-state index contributed by atoms with van der Waals surface area (Å²) in [7, 11) is 0. The second kappa shape index (κ2) is 11.8. The summed E-state index contributed by atoms with van der Waals surface area (Å²) in [5, 5.41) is 8.47. The van der Waals surface area contributed by atoms with E-state index >= 15 is 0 Å². The fourth-order valence-corrected chi connectivity index (χ4v) is 7.93. The van der Waals surface area contributed by atoms with Crippen LogP contribution < -0.4 is 0 Å². The number of fused-ring (bicyclic) bond motifs is 7. The van der Waals surface area contributed by atoms with Crippen molar-refractivity contribution in [3.05, 3.63) is 170 Å². The Balaban J connectivity index is 1.18. The van der Waals surface area contributed by atoms with Gasteiger partial charge in [-0.05, 0) is 93.2 Å². The van der Waals surface area contributed by atoms with Crippen LogP contribution in [0.5, 0.6) is 0 Å². The fourth-order valence-electron chi connectivity index (χ4n) is 7.93. The van der Waals surface area contributed by atoms with E-state index in [0.29, 0.717) is 0 Å². The van der Waals surface area contributed by atoms with Crippen LogP contribution in [0.2, 0.25) is 0 Å². The Labute approximate surface area is 296 Å². The summed E-state index contributed by atoms with van der Waals surface area (Å²) in [6, 6.07) is 61.2. The molecule has 51 heavy (non-hydrogen) atoms. The molecule has 0 bridgehead atoms. The fraction of sp³-hybridized carbons (Fsp3) is 0.0417. The summed E-state index contributed by atoms with van der Waals surface area (Å²) in [5.74, 6) is 0.998. The highest BCUT2D eigenvalue weighted by Crippen LogP contribution is 2.42. The normalized spacial score (nSPS) is 11.7. The van der Waals surface area contributed by atoms with E-state index in [1.807, 2.05) is 0 Å². The number of nitrogens with zero attached hydrogens (tertiary/aromatic N) is 3. The Hall–Kier alpha value is -6.58. The van der Waals surface area contributed by atoms with E-state index in [2.05, 4.69) is 181 Å². The molecule has 0 spiro atoms. The Morgan fingerprint density at radius 2 is 1.08 bits per heavy atom. The van der Waals surface area contributed by atoms with E-state index in [9.17, 15) is 0 Å². The number of aryl methyl sites for hydroxylation is 1. The highest BCUT2D eigenvalue weighted by atomic mass is 15.1. The van der Waals surface area contributed by atoms with E-state index in [0.717, 1.165) is 51.1 Å². The molecule has 0 aliphatic rings. The molecular weight excluding hydrogens is 619 g/mol. The number of rotatable bonds is 5. The van der Waals surface area contributed by atoms with Crippen molar-refractivity contribution in [3.8, 4) is 44.9 Å². The van der Waals surface area contributed by atoms with Gasteiger partial charge in [-0.3, -0.25) is 0 Å². The highest BCUT2D eigenvalue weighted by molar-refractivity contribution is 6.25. The lowest BCUT2D eigenvalue weighted by molar-refractivity contribution is 0.796. The van der Waals surface area contributed by atoms with Gasteiger partial charge in [0.2, 0.25) is 0 Å². The summed E-state index contributed by atoms with van der Waals surface area (Å²) in [6.45, 7) is 3.04. The molecule has 0 amide bonds. The van der Waals surface area contributed by atoms with Crippen molar-refractivity contribution in [2.45, 2.75) is 13.5 Å². The van der Waals surface area contributed by atoms with Crippen LogP contribution in [0.15, 0.2) is 170 Å². The van der Waals surface area contributed by atoms with Gasteiger partial charge in [0, 0.05) is 33.8 Å². The van der Waals surface area contributed by atoms with Crippen molar-refractivity contribution < 1.29 is 0 Å². The van der Waals surface area contributed by atoms with Gasteiger partial charge in [-0.2, -0.15) is 0 Å². The van der Waals surface area contributed by atoms with Gasteiger partial charge in [0.1, 0.15) is 5.82 Å². The monoisotopic (exact) mass is 651 g/mol. The molecular formula is C48H33N3. The van der Waals surface area contributed by atoms with E-state index in [4.69, 9.17) is 9.97 Å². The van der Waals surface area contributed by atoms with Crippen molar-refractivity contribution in [3.63, 3.8) is 0 Å². The summed E-state index contributed by atoms with van der Waals surface area (Å²) in [4.78, 5) is 10.4. The minimum absolute atomic E-state index is 0.857. The Morgan fingerprint density at radius 3 is 1.90 bits per heavy atom. The molecule has 10 rings (SSSR count). The van der Waals surface area contributed by atoms with Gasteiger partial charge in [-0.15, -0.1) is 0 Å². The SMILES string of the molecule is CCn1c(-c2cccc(-c3cccc(-c4cc5c(-c6ccc7ccccc7c6)nc6ccccc6c5c5ccccc45)c3)c2)nc2ccccc21. The van der Waals surface area contributed by atoms with Crippen molar-refractivity contribution in [1.29, 1.82) is 0 Å². The quantitative estimate of drug-likeness (QED) is 0.173. The summed E-state index contributed by atoms with van der Waals surface area (Å²) < 4.78 is 2.30. The maximum absolute atomic E-state index is 5.35. The minimum Gasteiger partial charge on any atom is -0.324 e. The molecule has 0 atom stereocenters. The van der Waals surface area contributed by atoms with Crippen LogP contribution in [0.25, 0.3) is 99.2 Å². The molecule has 0 saturated carbocycles. The molecule has 2 aromatic heterocycles. The van der Waals surface area contributed by atoms with Crippen molar-refractivity contribution in [2.75, 3.05) is 0 Å².